The van der Waals surface area contributed by atoms with E-state index in [0.29, 0.717) is 43.3 Å². The van der Waals surface area contributed by atoms with Gasteiger partial charge >= 0.3 is 0 Å². The molecule has 2 heterocycles. The van der Waals surface area contributed by atoms with E-state index in [4.69, 9.17) is 0 Å². The molecule has 156 valence electrons. The molecule has 1 amide bonds. The van der Waals surface area contributed by atoms with Crippen LogP contribution < -0.4 is 5.56 Å². The number of hydrogen-bond donors (Lipinski definition) is 1. The van der Waals surface area contributed by atoms with E-state index in [1.165, 1.54) is 10.9 Å². The second kappa shape index (κ2) is 8.40. The molecule has 0 aliphatic carbocycles. The Balaban J connectivity index is 1.37. The van der Waals surface area contributed by atoms with Crippen LogP contribution in [0.3, 0.4) is 0 Å². The highest BCUT2D eigenvalue weighted by Gasteiger charge is 2.34. The number of benzene rings is 2. The quantitative estimate of drug-likeness (QED) is 0.708. The van der Waals surface area contributed by atoms with E-state index >= 15 is 0 Å². The summed E-state index contributed by atoms with van der Waals surface area (Å²) in [7, 11) is 0. The zero-order valence-electron chi connectivity index (χ0n) is 17.3. The van der Waals surface area contributed by atoms with E-state index < -0.39 is 5.60 Å². The van der Waals surface area contributed by atoms with Crippen molar-refractivity contribution in [3.63, 3.8) is 0 Å². The molecule has 1 fully saturated rings. The minimum Gasteiger partial charge on any atom is -0.388 e. The van der Waals surface area contributed by atoms with Gasteiger partial charge in [0.05, 0.1) is 29.4 Å². The molecule has 0 spiro atoms. The molecule has 1 aliphatic rings. The minimum atomic E-state index is -1.01. The number of carbonyl (C=O) groups is 1. The van der Waals surface area contributed by atoms with Crippen molar-refractivity contribution in [1.82, 2.24) is 14.5 Å². The Hall–Kier alpha value is -2.99. The van der Waals surface area contributed by atoms with Crippen LogP contribution in [0.5, 0.6) is 0 Å². The number of likely N-dealkylation sites (tertiary alicyclic amines) is 1. The van der Waals surface area contributed by atoms with E-state index in [0.717, 1.165) is 17.5 Å². The molecule has 0 atom stereocenters. The molecule has 30 heavy (non-hydrogen) atoms. The van der Waals surface area contributed by atoms with Gasteiger partial charge in [-0.15, -0.1) is 0 Å². The number of carbonyl (C=O) groups excluding carboxylic acids is 1. The third-order valence-electron chi connectivity index (χ3n) is 5.96. The molecule has 1 N–H and O–H groups in total. The smallest absolute Gasteiger partial charge is 0.261 e. The lowest BCUT2D eigenvalue weighted by molar-refractivity contribution is -0.135. The van der Waals surface area contributed by atoms with Gasteiger partial charge in [0, 0.05) is 19.5 Å². The van der Waals surface area contributed by atoms with Gasteiger partial charge in [0.15, 0.2) is 0 Å². The highest BCUT2D eigenvalue weighted by Crippen LogP contribution is 2.24. The number of amides is 1. The lowest BCUT2D eigenvalue weighted by Crippen LogP contribution is -2.49. The standard InChI is InChI=1S/C24H27N3O3/c1-18-7-9-20-21(15-18)25-17-27(23(20)29)16-24(30)11-13-26(14-12-24)22(28)10-8-19-5-3-2-4-6-19/h2-7,9,15,17,30H,8,10-14,16H2,1H3. The molecule has 1 aliphatic heterocycles. The topological polar surface area (TPSA) is 75.4 Å². The van der Waals surface area contributed by atoms with Gasteiger partial charge < -0.3 is 10.0 Å². The predicted molar refractivity (Wildman–Crippen MR) is 116 cm³/mol. The van der Waals surface area contributed by atoms with Crippen LogP contribution in [0.15, 0.2) is 59.7 Å². The number of aliphatic hydroxyl groups is 1. The number of aromatic nitrogens is 2. The van der Waals surface area contributed by atoms with Crippen LogP contribution in [0.1, 0.15) is 30.4 Å². The van der Waals surface area contributed by atoms with Gasteiger partial charge in [-0.05, 0) is 49.4 Å². The molecule has 1 saturated heterocycles. The summed E-state index contributed by atoms with van der Waals surface area (Å²) >= 11 is 0. The molecule has 4 rings (SSSR count). The summed E-state index contributed by atoms with van der Waals surface area (Å²) in [5.74, 6) is 0.112. The maximum Gasteiger partial charge on any atom is 0.261 e. The molecular formula is C24H27N3O3. The van der Waals surface area contributed by atoms with E-state index in [-0.39, 0.29) is 18.0 Å². The lowest BCUT2D eigenvalue weighted by atomic mass is 9.91. The fraction of sp³-hybridized carbons (Fsp3) is 0.375. The van der Waals surface area contributed by atoms with Gasteiger partial charge in [-0.3, -0.25) is 14.2 Å². The molecule has 6 heteroatoms. The normalized spacial score (nSPS) is 16.0. The summed E-state index contributed by atoms with van der Waals surface area (Å²) in [6, 6.07) is 15.5. The maximum absolute atomic E-state index is 12.8. The van der Waals surface area contributed by atoms with E-state index in [2.05, 4.69) is 4.98 Å². The number of aryl methyl sites for hydroxylation is 2. The first kappa shape index (κ1) is 20.3. The van der Waals surface area contributed by atoms with Crippen molar-refractivity contribution in [2.45, 2.75) is 44.8 Å². The fourth-order valence-electron chi connectivity index (χ4n) is 4.08. The fourth-order valence-corrected chi connectivity index (χ4v) is 4.08. The second-order valence-electron chi connectivity index (χ2n) is 8.29. The van der Waals surface area contributed by atoms with Crippen LogP contribution in [0.2, 0.25) is 0 Å². The van der Waals surface area contributed by atoms with Crippen molar-refractivity contribution < 1.29 is 9.90 Å². The highest BCUT2D eigenvalue weighted by atomic mass is 16.3. The Kier molecular flexibility index (Phi) is 5.68. The van der Waals surface area contributed by atoms with Crippen LogP contribution in [0, 0.1) is 6.92 Å². The van der Waals surface area contributed by atoms with Crippen molar-refractivity contribution >= 4 is 16.8 Å². The first-order valence-electron chi connectivity index (χ1n) is 10.4. The van der Waals surface area contributed by atoms with Crippen LogP contribution in [0.25, 0.3) is 10.9 Å². The first-order valence-corrected chi connectivity index (χ1v) is 10.4. The molecule has 0 unspecified atom stereocenters. The minimum absolute atomic E-state index is 0.112. The van der Waals surface area contributed by atoms with Gasteiger partial charge in [0.25, 0.3) is 5.56 Å². The van der Waals surface area contributed by atoms with Gasteiger partial charge in [0.1, 0.15) is 0 Å². The van der Waals surface area contributed by atoms with Crippen LogP contribution in [0.4, 0.5) is 0 Å². The molecular weight excluding hydrogens is 378 g/mol. The third kappa shape index (κ3) is 4.44. The number of nitrogens with zero attached hydrogens (tertiary/aromatic N) is 3. The monoisotopic (exact) mass is 405 g/mol. The summed E-state index contributed by atoms with van der Waals surface area (Å²) < 4.78 is 1.49. The summed E-state index contributed by atoms with van der Waals surface area (Å²) in [5, 5.41) is 11.6. The van der Waals surface area contributed by atoms with E-state index in [1.807, 2.05) is 54.3 Å². The SMILES string of the molecule is Cc1ccc2c(=O)n(CC3(O)CCN(C(=O)CCc4ccccc4)CC3)cnc2c1. The summed E-state index contributed by atoms with van der Waals surface area (Å²) in [6.07, 6.45) is 3.60. The van der Waals surface area contributed by atoms with Crippen LogP contribution in [-0.4, -0.2) is 44.2 Å². The zero-order valence-corrected chi connectivity index (χ0v) is 17.3. The summed E-state index contributed by atoms with van der Waals surface area (Å²) in [5.41, 5.74) is 1.71. The Morgan fingerprint density at radius 3 is 2.60 bits per heavy atom. The Labute approximate surface area is 175 Å². The molecule has 3 aromatic rings. The van der Waals surface area contributed by atoms with Crippen molar-refractivity contribution in [3.8, 4) is 0 Å². The van der Waals surface area contributed by atoms with Gasteiger partial charge in [-0.25, -0.2) is 4.98 Å². The average Bonchev–Trinajstić information content (AvgIpc) is 2.75. The molecule has 6 nitrogen and oxygen atoms in total. The molecule has 1 aromatic heterocycles. The van der Waals surface area contributed by atoms with Crippen molar-refractivity contribution in [2.75, 3.05) is 13.1 Å². The van der Waals surface area contributed by atoms with Gasteiger partial charge in [0.2, 0.25) is 5.91 Å². The molecule has 0 saturated carbocycles. The summed E-state index contributed by atoms with van der Waals surface area (Å²) in [6.45, 7) is 3.15. The van der Waals surface area contributed by atoms with Crippen molar-refractivity contribution in [1.29, 1.82) is 0 Å². The first-order chi connectivity index (χ1) is 14.4. The van der Waals surface area contributed by atoms with Crippen molar-refractivity contribution in [3.05, 3.63) is 76.3 Å². The van der Waals surface area contributed by atoms with E-state index in [1.54, 1.807) is 6.07 Å². The number of fused-ring (bicyclic) bond motifs is 1. The Bertz CT molecular complexity index is 1100. The van der Waals surface area contributed by atoms with Crippen LogP contribution in [-0.2, 0) is 17.8 Å². The highest BCUT2D eigenvalue weighted by molar-refractivity contribution is 5.78. The number of rotatable bonds is 5. The second-order valence-corrected chi connectivity index (χ2v) is 8.29. The average molecular weight is 405 g/mol. The molecule has 0 bridgehead atoms. The van der Waals surface area contributed by atoms with Crippen LogP contribution >= 0.6 is 0 Å². The molecule has 2 aromatic carbocycles. The lowest BCUT2D eigenvalue weighted by Gasteiger charge is -2.38. The maximum atomic E-state index is 12.8. The number of hydrogen-bond acceptors (Lipinski definition) is 4. The third-order valence-corrected chi connectivity index (χ3v) is 5.96. The van der Waals surface area contributed by atoms with Gasteiger partial charge in [-0.1, -0.05) is 36.4 Å². The molecule has 0 radical (unpaired) electrons. The van der Waals surface area contributed by atoms with Gasteiger partial charge in [-0.2, -0.15) is 0 Å². The predicted octanol–water partition coefficient (Wildman–Crippen LogP) is 2.69. The summed E-state index contributed by atoms with van der Waals surface area (Å²) in [4.78, 5) is 31.5. The zero-order chi connectivity index (χ0) is 21.1. The Morgan fingerprint density at radius 2 is 1.87 bits per heavy atom. The Morgan fingerprint density at radius 1 is 1.13 bits per heavy atom. The number of piperidine rings is 1. The van der Waals surface area contributed by atoms with E-state index in [9.17, 15) is 14.7 Å². The van der Waals surface area contributed by atoms with Crippen molar-refractivity contribution in [2.24, 2.45) is 0 Å². The largest absolute Gasteiger partial charge is 0.388 e.